The fraction of sp³-hybridized carbons (Fsp3) is 0.455. The van der Waals surface area contributed by atoms with Crippen LogP contribution < -0.4 is 5.73 Å². The SMILES string of the molecule is NC(=O)N1CCN(Cc2ccnc(Cl)c2)CC1. The van der Waals surface area contributed by atoms with Crippen LogP contribution in [-0.4, -0.2) is 47.0 Å². The first-order chi connectivity index (χ1) is 8.15. The largest absolute Gasteiger partial charge is 0.351 e. The molecule has 0 saturated carbocycles. The molecular formula is C11H15ClN4O. The second-order valence-corrected chi connectivity index (χ2v) is 4.48. The summed E-state index contributed by atoms with van der Waals surface area (Å²) < 4.78 is 0. The first-order valence-corrected chi connectivity index (χ1v) is 5.90. The number of nitrogens with two attached hydrogens (primary N) is 1. The molecule has 1 aromatic rings. The maximum Gasteiger partial charge on any atom is 0.314 e. The van der Waals surface area contributed by atoms with Gasteiger partial charge >= 0.3 is 6.03 Å². The van der Waals surface area contributed by atoms with E-state index in [1.165, 1.54) is 0 Å². The number of hydrogen-bond donors (Lipinski definition) is 1. The average molecular weight is 255 g/mol. The first kappa shape index (κ1) is 12.1. The van der Waals surface area contributed by atoms with Gasteiger partial charge in [0, 0.05) is 38.9 Å². The number of nitrogens with zero attached hydrogens (tertiary/aromatic N) is 3. The molecule has 1 aromatic heterocycles. The predicted octanol–water partition coefficient (Wildman–Crippen LogP) is 0.931. The van der Waals surface area contributed by atoms with Gasteiger partial charge in [-0.3, -0.25) is 4.90 Å². The van der Waals surface area contributed by atoms with Gasteiger partial charge < -0.3 is 10.6 Å². The number of halogens is 1. The number of aromatic nitrogens is 1. The molecule has 2 N–H and O–H groups in total. The van der Waals surface area contributed by atoms with E-state index in [2.05, 4.69) is 9.88 Å². The molecule has 2 rings (SSSR count). The van der Waals surface area contributed by atoms with E-state index in [9.17, 15) is 4.79 Å². The summed E-state index contributed by atoms with van der Waals surface area (Å²) in [6, 6.07) is 3.48. The Kier molecular flexibility index (Phi) is 3.81. The van der Waals surface area contributed by atoms with Gasteiger partial charge in [0.1, 0.15) is 5.15 Å². The minimum atomic E-state index is -0.336. The van der Waals surface area contributed by atoms with Crippen LogP contribution in [0, 0.1) is 0 Å². The van der Waals surface area contributed by atoms with Gasteiger partial charge in [0.25, 0.3) is 0 Å². The number of rotatable bonds is 2. The van der Waals surface area contributed by atoms with Crippen molar-refractivity contribution in [1.29, 1.82) is 0 Å². The highest BCUT2D eigenvalue weighted by molar-refractivity contribution is 6.29. The second-order valence-electron chi connectivity index (χ2n) is 4.09. The molecule has 1 saturated heterocycles. The quantitative estimate of drug-likeness (QED) is 0.799. The third-order valence-electron chi connectivity index (χ3n) is 2.88. The molecule has 0 unspecified atom stereocenters. The van der Waals surface area contributed by atoms with Crippen molar-refractivity contribution >= 4 is 17.6 Å². The smallest absolute Gasteiger partial charge is 0.314 e. The van der Waals surface area contributed by atoms with E-state index in [0.717, 1.165) is 25.2 Å². The molecule has 1 fully saturated rings. The molecule has 0 aromatic carbocycles. The Bertz CT molecular complexity index is 404. The fourth-order valence-corrected chi connectivity index (χ4v) is 2.12. The number of primary amides is 1. The van der Waals surface area contributed by atoms with Crippen LogP contribution in [0.1, 0.15) is 5.56 Å². The minimum absolute atomic E-state index is 0.336. The van der Waals surface area contributed by atoms with E-state index < -0.39 is 0 Å². The fourth-order valence-electron chi connectivity index (χ4n) is 1.93. The van der Waals surface area contributed by atoms with Crippen molar-refractivity contribution in [3.8, 4) is 0 Å². The van der Waals surface area contributed by atoms with Gasteiger partial charge in [-0.25, -0.2) is 9.78 Å². The minimum Gasteiger partial charge on any atom is -0.351 e. The molecule has 0 radical (unpaired) electrons. The molecule has 1 aliphatic heterocycles. The highest BCUT2D eigenvalue weighted by Gasteiger charge is 2.18. The number of urea groups is 1. The second kappa shape index (κ2) is 5.33. The van der Waals surface area contributed by atoms with Crippen LogP contribution in [-0.2, 0) is 6.54 Å². The highest BCUT2D eigenvalue weighted by atomic mass is 35.5. The lowest BCUT2D eigenvalue weighted by molar-refractivity contribution is 0.140. The Hall–Kier alpha value is -1.33. The summed E-state index contributed by atoms with van der Waals surface area (Å²) in [6.07, 6.45) is 1.71. The van der Waals surface area contributed by atoms with Gasteiger partial charge in [-0.05, 0) is 17.7 Å². The number of carbonyl (C=O) groups is 1. The molecular weight excluding hydrogens is 240 g/mol. The van der Waals surface area contributed by atoms with Crippen molar-refractivity contribution in [1.82, 2.24) is 14.8 Å². The van der Waals surface area contributed by atoms with Crippen LogP contribution in [0.2, 0.25) is 5.15 Å². The molecule has 6 heteroatoms. The van der Waals surface area contributed by atoms with Crippen LogP contribution in [0.15, 0.2) is 18.3 Å². The molecule has 17 heavy (non-hydrogen) atoms. The maximum atomic E-state index is 11.0. The lowest BCUT2D eigenvalue weighted by Crippen LogP contribution is -2.50. The standard InChI is InChI=1S/C11H15ClN4O/c12-10-7-9(1-2-14-10)8-15-3-5-16(6-4-15)11(13)17/h1-2,7H,3-6,8H2,(H2,13,17). The van der Waals surface area contributed by atoms with Crippen LogP contribution in [0.25, 0.3) is 0 Å². The van der Waals surface area contributed by atoms with Gasteiger partial charge in [0.2, 0.25) is 0 Å². The van der Waals surface area contributed by atoms with Crippen molar-refractivity contribution in [2.75, 3.05) is 26.2 Å². The number of amides is 2. The topological polar surface area (TPSA) is 62.5 Å². The van der Waals surface area contributed by atoms with Crippen LogP contribution in [0.3, 0.4) is 0 Å². The Labute approximate surface area is 105 Å². The lowest BCUT2D eigenvalue weighted by Gasteiger charge is -2.33. The molecule has 0 spiro atoms. The average Bonchev–Trinajstić information content (AvgIpc) is 2.29. The zero-order valence-electron chi connectivity index (χ0n) is 9.47. The molecule has 2 heterocycles. The van der Waals surface area contributed by atoms with E-state index in [-0.39, 0.29) is 6.03 Å². The number of hydrogen-bond acceptors (Lipinski definition) is 3. The predicted molar refractivity (Wildman–Crippen MR) is 65.7 cm³/mol. The normalized spacial score (nSPS) is 17.1. The van der Waals surface area contributed by atoms with Crippen molar-refractivity contribution < 1.29 is 4.79 Å². The van der Waals surface area contributed by atoms with Gasteiger partial charge in [-0.15, -0.1) is 0 Å². The summed E-state index contributed by atoms with van der Waals surface area (Å²) in [5, 5.41) is 0.512. The third-order valence-corrected chi connectivity index (χ3v) is 3.09. The number of pyridine rings is 1. The monoisotopic (exact) mass is 254 g/mol. The van der Waals surface area contributed by atoms with E-state index >= 15 is 0 Å². The van der Waals surface area contributed by atoms with Crippen LogP contribution in [0.4, 0.5) is 4.79 Å². The summed E-state index contributed by atoms with van der Waals surface area (Å²) >= 11 is 5.83. The Morgan fingerprint density at radius 1 is 1.41 bits per heavy atom. The zero-order valence-corrected chi connectivity index (χ0v) is 10.2. The number of piperazine rings is 1. The van der Waals surface area contributed by atoms with Crippen molar-refractivity contribution in [3.63, 3.8) is 0 Å². The molecule has 0 aliphatic carbocycles. The van der Waals surface area contributed by atoms with E-state index in [0.29, 0.717) is 18.2 Å². The van der Waals surface area contributed by atoms with E-state index in [1.54, 1.807) is 11.1 Å². The molecule has 0 bridgehead atoms. The maximum absolute atomic E-state index is 11.0. The summed E-state index contributed by atoms with van der Waals surface area (Å²) in [7, 11) is 0. The third kappa shape index (κ3) is 3.31. The van der Waals surface area contributed by atoms with E-state index in [4.69, 9.17) is 17.3 Å². The van der Waals surface area contributed by atoms with Crippen molar-refractivity contribution in [2.24, 2.45) is 5.73 Å². The summed E-state index contributed by atoms with van der Waals surface area (Å²) in [5.41, 5.74) is 6.36. The zero-order chi connectivity index (χ0) is 12.3. The molecule has 0 atom stereocenters. The lowest BCUT2D eigenvalue weighted by atomic mass is 10.2. The molecule has 5 nitrogen and oxygen atoms in total. The van der Waals surface area contributed by atoms with Gasteiger partial charge in [0.05, 0.1) is 0 Å². The summed E-state index contributed by atoms with van der Waals surface area (Å²) in [6.45, 7) is 3.88. The molecule has 2 amide bonds. The number of carbonyl (C=O) groups excluding carboxylic acids is 1. The van der Waals surface area contributed by atoms with Crippen molar-refractivity contribution in [2.45, 2.75) is 6.54 Å². The van der Waals surface area contributed by atoms with Crippen LogP contribution >= 0.6 is 11.6 Å². The Morgan fingerprint density at radius 2 is 2.12 bits per heavy atom. The Balaban J connectivity index is 1.88. The molecule has 1 aliphatic rings. The summed E-state index contributed by atoms with van der Waals surface area (Å²) in [4.78, 5) is 18.8. The molecule has 92 valence electrons. The van der Waals surface area contributed by atoms with Gasteiger partial charge in [-0.1, -0.05) is 11.6 Å². The van der Waals surface area contributed by atoms with Gasteiger partial charge in [-0.2, -0.15) is 0 Å². The van der Waals surface area contributed by atoms with E-state index in [1.807, 2.05) is 12.1 Å². The first-order valence-electron chi connectivity index (χ1n) is 5.52. The highest BCUT2D eigenvalue weighted by Crippen LogP contribution is 2.11. The van der Waals surface area contributed by atoms with Crippen molar-refractivity contribution in [3.05, 3.63) is 29.0 Å². The van der Waals surface area contributed by atoms with Gasteiger partial charge in [0.15, 0.2) is 0 Å². The van der Waals surface area contributed by atoms with Crippen LogP contribution in [0.5, 0.6) is 0 Å². The Morgan fingerprint density at radius 3 is 2.71 bits per heavy atom. The summed E-state index contributed by atoms with van der Waals surface area (Å²) in [5.74, 6) is 0.